The number of rotatable bonds is 5. The normalized spacial score (nSPS) is 10.9. The number of aromatic nitrogens is 2. The molecule has 0 amide bonds. The van der Waals surface area contributed by atoms with E-state index in [2.05, 4.69) is 33.3 Å². The van der Waals surface area contributed by atoms with Crippen LogP contribution >= 0.6 is 15.9 Å². The predicted octanol–water partition coefficient (Wildman–Crippen LogP) is 3.40. The summed E-state index contributed by atoms with van der Waals surface area (Å²) in [6.45, 7) is 6.22. The maximum absolute atomic E-state index is 13.1. The molecule has 0 saturated heterocycles. The molecule has 1 heterocycles. The lowest BCUT2D eigenvalue weighted by molar-refractivity contribution is 0.575. The predicted molar refractivity (Wildman–Crippen MR) is 77.3 cm³/mol. The lowest BCUT2D eigenvalue weighted by atomic mass is 10.2. The number of hydrogen-bond acceptors (Lipinski definition) is 2. The highest BCUT2D eigenvalue weighted by molar-refractivity contribution is 9.10. The molecule has 1 aromatic carbocycles. The van der Waals surface area contributed by atoms with E-state index in [1.807, 2.05) is 17.7 Å². The van der Waals surface area contributed by atoms with Crippen molar-refractivity contribution >= 4 is 15.9 Å². The Labute approximate surface area is 121 Å². The molecular formula is C14H17BrFN3. The summed E-state index contributed by atoms with van der Waals surface area (Å²) in [6.07, 6.45) is 0. The van der Waals surface area contributed by atoms with Crippen LogP contribution in [0.15, 0.2) is 28.7 Å². The van der Waals surface area contributed by atoms with E-state index in [1.54, 1.807) is 12.1 Å². The molecule has 102 valence electrons. The summed E-state index contributed by atoms with van der Waals surface area (Å²) in [5.41, 5.74) is 3.05. The maximum Gasteiger partial charge on any atom is 0.123 e. The molecule has 1 N–H and O–H groups in total. The van der Waals surface area contributed by atoms with E-state index in [-0.39, 0.29) is 5.82 Å². The van der Waals surface area contributed by atoms with Gasteiger partial charge in [-0.05, 0) is 47.5 Å². The van der Waals surface area contributed by atoms with E-state index in [0.717, 1.165) is 28.0 Å². The van der Waals surface area contributed by atoms with Crippen LogP contribution in [0.2, 0.25) is 0 Å². The highest BCUT2D eigenvalue weighted by Crippen LogP contribution is 2.20. The van der Waals surface area contributed by atoms with Gasteiger partial charge in [-0.25, -0.2) is 4.39 Å². The lowest BCUT2D eigenvalue weighted by Crippen LogP contribution is -2.16. The molecule has 3 nitrogen and oxygen atoms in total. The third kappa shape index (κ3) is 3.42. The van der Waals surface area contributed by atoms with E-state index < -0.39 is 0 Å². The Kier molecular flexibility index (Phi) is 4.71. The minimum absolute atomic E-state index is 0.199. The standard InChI is InChI=1S/C14H17BrFN3/c1-3-19-13(14(15)10(2)18-19)9-17-8-11-5-4-6-12(16)7-11/h4-7,17H,3,8-9H2,1-2H3. The molecule has 0 fully saturated rings. The fourth-order valence-corrected chi connectivity index (χ4v) is 2.43. The number of nitrogens with one attached hydrogen (secondary N) is 1. The van der Waals surface area contributed by atoms with Crippen LogP contribution in [0.1, 0.15) is 23.9 Å². The van der Waals surface area contributed by atoms with Gasteiger partial charge >= 0.3 is 0 Å². The second-order valence-corrected chi connectivity index (χ2v) is 5.19. The average Bonchev–Trinajstić information content (AvgIpc) is 2.66. The fraction of sp³-hybridized carbons (Fsp3) is 0.357. The molecule has 1 aromatic heterocycles. The highest BCUT2D eigenvalue weighted by Gasteiger charge is 2.11. The minimum atomic E-state index is -0.199. The molecule has 0 unspecified atom stereocenters. The minimum Gasteiger partial charge on any atom is -0.307 e. The Balaban J connectivity index is 1.99. The van der Waals surface area contributed by atoms with Crippen molar-refractivity contribution in [3.63, 3.8) is 0 Å². The molecular weight excluding hydrogens is 309 g/mol. The van der Waals surface area contributed by atoms with E-state index in [9.17, 15) is 4.39 Å². The summed E-state index contributed by atoms with van der Waals surface area (Å²) >= 11 is 3.56. The van der Waals surface area contributed by atoms with Gasteiger partial charge in [0.1, 0.15) is 5.82 Å². The van der Waals surface area contributed by atoms with E-state index in [0.29, 0.717) is 13.1 Å². The summed E-state index contributed by atoms with van der Waals surface area (Å²) in [5, 5.41) is 7.75. The SMILES string of the molecule is CCn1nc(C)c(Br)c1CNCc1cccc(F)c1. The first kappa shape index (κ1) is 14.2. The summed E-state index contributed by atoms with van der Waals surface area (Å²) < 4.78 is 16.1. The first-order chi connectivity index (χ1) is 9.11. The molecule has 2 rings (SSSR count). The van der Waals surface area contributed by atoms with E-state index in [1.165, 1.54) is 6.07 Å². The van der Waals surface area contributed by atoms with Crippen molar-refractivity contribution in [2.24, 2.45) is 0 Å². The van der Waals surface area contributed by atoms with E-state index in [4.69, 9.17) is 0 Å². The van der Waals surface area contributed by atoms with Gasteiger partial charge in [-0.2, -0.15) is 5.10 Å². The van der Waals surface area contributed by atoms with Gasteiger partial charge in [0.15, 0.2) is 0 Å². The van der Waals surface area contributed by atoms with Gasteiger partial charge < -0.3 is 5.32 Å². The van der Waals surface area contributed by atoms with Crippen molar-refractivity contribution in [2.75, 3.05) is 0 Å². The molecule has 0 atom stereocenters. The zero-order valence-electron chi connectivity index (χ0n) is 11.1. The number of aryl methyl sites for hydroxylation is 2. The quantitative estimate of drug-likeness (QED) is 0.913. The third-order valence-corrected chi connectivity index (χ3v) is 3.99. The number of benzene rings is 1. The van der Waals surface area contributed by atoms with E-state index >= 15 is 0 Å². The van der Waals surface area contributed by atoms with Crippen LogP contribution in [0.4, 0.5) is 4.39 Å². The van der Waals surface area contributed by atoms with Crippen molar-refractivity contribution in [1.82, 2.24) is 15.1 Å². The molecule has 0 bridgehead atoms. The van der Waals surface area contributed by atoms with Crippen LogP contribution in [0.5, 0.6) is 0 Å². The van der Waals surface area contributed by atoms with Crippen molar-refractivity contribution in [2.45, 2.75) is 33.5 Å². The van der Waals surface area contributed by atoms with Gasteiger partial charge in [0, 0.05) is 19.6 Å². The fourth-order valence-electron chi connectivity index (χ4n) is 2.01. The maximum atomic E-state index is 13.1. The third-order valence-electron chi connectivity index (χ3n) is 2.96. The molecule has 0 aliphatic rings. The summed E-state index contributed by atoms with van der Waals surface area (Å²) in [4.78, 5) is 0. The monoisotopic (exact) mass is 325 g/mol. The van der Waals surface area contributed by atoms with Gasteiger partial charge in [0.2, 0.25) is 0 Å². The van der Waals surface area contributed by atoms with Gasteiger partial charge in [0.05, 0.1) is 15.9 Å². The van der Waals surface area contributed by atoms with Crippen LogP contribution in [0.25, 0.3) is 0 Å². The Morgan fingerprint density at radius 1 is 1.37 bits per heavy atom. The Hall–Kier alpha value is -1.20. The Bertz CT molecular complexity index is 566. The largest absolute Gasteiger partial charge is 0.307 e. The van der Waals surface area contributed by atoms with Crippen LogP contribution in [0.3, 0.4) is 0 Å². The summed E-state index contributed by atoms with van der Waals surface area (Å²) in [5.74, 6) is -0.199. The Morgan fingerprint density at radius 2 is 2.16 bits per heavy atom. The van der Waals surface area contributed by atoms with Crippen molar-refractivity contribution < 1.29 is 4.39 Å². The molecule has 19 heavy (non-hydrogen) atoms. The first-order valence-electron chi connectivity index (χ1n) is 6.28. The van der Waals surface area contributed by atoms with Crippen LogP contribution in [-0.2, 0) is 19.6 Å². The zero-order valence-corrected chi connectivity index (χ0v) is 12.7. The van der Waals surface area contributed by atoms with Crippen LogP contribution in [-0.4, -0.2) is 9.78 Å². The number of hydrogen-bond donors (Lipinski definition) is 1. The molecule has 0 spiro atoms. The summed E-state index contributed by atoms with van der Waals surface area (Å²) in [7, 11) is 0. The molecule has 0 aliphatic heterocycles. The first-order valence-corrected chi connectivity index (χ1v) is 7.08. The summed E-state index contributed by atoms with van der Waals surface area (Å²) in [6, 6.07) is 6.64. The molecule has 2 aromatic rings. The lowest BCUT2D eigenvalue weighted by Gasteiger charge is -2.08. The van der Waals surface area contributed by atoms with Gasteiger partial charge in [-0.1, -0.05) is 12.1 Å². The molecule has 0 aliphatic carbocycles. The Morgan fingerprint density at radius 3 is 2.84 bits per heavy atom. The average molecular weight is 326 g/mol. The van der Waals surface area contributed by atoms with Gasteiger partial charge in [-0.15, -0.1) is 0 Å². The second-order valence-electron chi connectivity index (χ2n) is 4.40. The van der Waals surface area contributed by atoms with Gasteiger partial charge in [-0.3, -0.25) is 4.68 Å². The molecule has 5 heteroatoms. The smallest absolute Gasteiger partial charge is 0.123 e. The zero-order chi connectivity index (χ0) is 13.8. The van der Waals surface area contributed by atoms with Crippen LogP contribution < -0.4 is 5.32 Å². The van der Waals surface area contributed by atoms with Crippen molar-refractivity contribution in [1.29, 1.82) is 0 Å². The number of halogens is 2. The molecule has 0 saturated carbocycles. The van der Waals surface area contributed by atoms with Gasteiger partial charge in [0.25, 0.3) is 0 Å². The number of nitrogens with zero attached hydrogens (tertiary/aromatic N) is 2. The molecule has 0 radical (unpaired) electrons. The second kappa shape index (κ2) is 6.30. The topological polar surface area (TPSA) is 29.9 Å². The van der Waals surface area contributed by atoms with Crippen LogP contribution in [0, 0.1) is 12.7 Å². The van der Waals surface area contributed by atoms with Crippen molar-refractivity contribution in [3.8, 4) is 0 Å². The van der Waals surface area contributed by atoms with Crippen molar-refractivity contribution in [3.05, 3.63) is 51.5 Å². The highest BCUT2D eigenvalue weighted by atomic mass is 79.9.